The van der Waals surface area contributed by atoms with Crippen molar-refractivity contribution in [1.82, 2.24) is 14.4 Å². The molecule has 0 aliphatic rings. The van der Waals surface area contributed by atoms with Crippen molar-refractivity contribution in [3.63, 3.8) is 0 Å². The first-order valence-corrected chi connectivity index (χ1v) is 11.2. The van der Waals surface area contributed by atoms with E-state index in [1.165, 1.54) is 9.87 Å². The Morgan fingerprint density at radius 2 is 1.62 bits per heavy atom. The summed E-state index contributed by atoms with van der Waals surface area (Å²) in [6.07, 6.45) is 0.983. The van der Waals surface area contributed by atoms with E-state index in [1.54, 1.807) is 24.3 Å². The summed E-state index contributed by atoms with van der Waals surface area (Å²) in [5.41, 5.74) is 2.93. The fourth-order valence-corrected chi connectivity index (χ4v) is 4.43. The van der Waals surface area contributed by atoms with E-state index < -0.39 is 10.0 Å². The predicted molar refractivity (Wildman–Crippen MR) is 113 cm³/mol. The molecule has 0 saturated heterocycles. The number of anilines is 1. The van der Waals surface area contributed by atoms with E-state index in [2.05, 4.69) is 34.5 Å². The van der Waals surface area contributed by atoms with E-state index in [1.807, 2.05) is 26.0 Å². The molecule has 1 aromatic heterocycles. The van der Waals surface area contributed by atoms with Crippen LogP contribution in [0, 0.1) is 0 Å². The van der Waals surface area contributed by atoms with Gasteiger partial charge in [0.05, 0.1) is 11.4 Å². The molecule has 1 heterocycles. The molecule has 0 unspecified atom stereocenters. The minimum Gasteiger partial charge on any atom is -0.376 e. The van der Waals surface area contributed by atoms with Gasteiger partial charge < -0.3 is 9.84 Å². The molecular formula is C21H26N4O3S. The maximum absolute atomic E-state index is 12.5. The van der Waals surface area contributed by atoms with Gasteiger partial charge in [-0.15, -0.1) is 0 Å². The van der Waals surface area contributed by atoms with Crippen molar-refractivity contribution in [2.24, 2.45) is 0 Å². The largest absolute Gasteiger partial charge is 0.376 e. The Labute approximate surface area is 171 Å². The van der Waals surface area contributed by atoms with Crippen LogP contribution in [0.3, 0.4) is 0 Å². The van der Waals surface area contributed by atoms with Gasteiger partial charge in [0, 0.05) is 24.3 Å². The maximum atomic E-state index is 12.5. The molecule has 0 amide bonds. The van der Waals surface area contributed by atoms with E-state index in [-0.39, 0.29) is 4.90 Å². The second kappa shape index (κ2) is 9.19. The first-order chi connectivity index (χ1) is 14.0. The third-order valence-electron chi connectivity index (χ3n) is 4.73. The lowest BCUT2D eigenvalue weighted by Crippen LogP contribution is -2.30. The van der Waals surface area contributed by atoms with E-state index in [4.69, 9.17) is 4.52 Å². The van der Waals surface area contributed by atoms with Crippen LogP contribution in [0.2, 0.25) is 0 Å². The average molecular weight is 415 g/mol. The minimum atomic E-state index is -3.45. The summed E-state index contributed by atoms with van der Waals surface area (Å²) in [6.45, 7) is 7.00. The minimum absolute atomic E-state index is 0.280. The topological polar surface area (TPSA) is 88.3 Å². The summed E-state index contributed by atoms with van der Waals surface area (Å²) < 4.78 is 31.8. The molecule has 0 radical (unpaired) electrons. The summed E-state index contributed by atoms with van der Waals surface area (Å²) in [7, 11) is -3.45. The van der Waals surface area contributed by atoms with E-state index >= 15 is 0 Å². The second-order valence-corrected chi connectivity index (χ2v) is 8.47. The van der Waals surface area contributed by atoms with Gasteiger partial charge >= 0.3 is 0 Å². The molecule has 0 saturated carbocycles. The molecular weight excluding hydrogens is 388 g/mol. The molecule has 0 aliphatic heterocycles. The zero-order chi connectivity index (χ0) is 20.9. The van der Waals surface area contributed by atoms with Gasteiger partial charge in [0.2, 0.25) is 21.7 Å². The number of benzene rings is 2. The van der Waals surface area contributed by atoms with Crippen LogP contribution in [0.4, 0.5) is 5.69 Å². The number of hydrogen-bond donors (Lipinski definition) is 1. The van der Waals surface area contributed by atoms with E-state index in [0.29, 0.717) is 31.3 Å². The summed E-state index contributed by atoms with van der Waals surface area (Å²) in [6, 6.07) is 14.7. The first-order valence-electron chi connectivity index (χ1n) is 9.73. The van der Waals surface area contributed by atoms with Crippen LogP contribution in [0.5, 0.6) is 0 Å². The normalized spacial score (nSPS) is 11.7. The molecule has 8 heteroatoms. The Hall–Kier alpha value is -2.71. The number of hydrogen-bond acceptors (Lipinski definition) is 6. The Balaban J connectivity index is 1.64. The Bertz CT molecular complexity index is 1020. The van der Waals surface area contributed by atoms with Crippen molar-refractivity contribution in [3.8, 4) is 11.4 Å². The molecule has 2 aromatic carbocycles. The Morgan fingerprint density at radius 1 is 0.966 bits per heavy atom. The van der Waals surface area contributed by atoms with Crippen molar-refractivity contribution in [1.29, 1.82) is 0 Å². The highest BCUT2D eigenvalue weighted by Gasteiger charge is 2.21. The van der Waals surface area contributed by atoms with E-state index in [0.717, 1.165) is 17.7 Å². The lowest BCUT2D eigenvalue weighted by atomic mass is 10.1. The van der Waals surface area contributed by atoms with Gasteiger partial charge in [0.25, 0.3) is 0 Å². The highest BCUT2D eigenvalue weighted by atomic mass is 32.2. The van der Waals surface area contributed by atoms with Gasteiger partial charge in [0.15, 0.2) is 0 Å². The Kier molecular flexibility index (Phi) is 6.66. The Morgan fingerprint density at radius 3 is 2.21 bits per heavy atom. The molecule has 0 spiro atoms. The van der Waals surface area contributed by atoms with Gasteiger partial charge in [-0.25, -0.2) is 8.42 Å². The molecule has 3 rings (SSSR count). The predicted octanol–water partition coefficient (Wildman–Crippen LogP) is 3.94. The van der Waals surface area contributed by atoms with Crippen molar-refractivity contribution in [2.75, 3.05) is 18.4 Å². The van der Waals surface area contributed by atoms with Crippen LogP contribution >= 0.6 is 0 Å². The van der Waals surface area contributed by atoms with Crippen LogP contribution in [0.25, 0.3) is 11.4 Å². The highest BCUT2D eigenvalue weighted by Crippen LogP contribution is 2.20. The van der Waals surface area contributed by atoms with Crippen molar-refractivity contribution in [2.45, 2.75) is 38.6 Å². The SMILES string of the molecule is CCc1ccc(-c2noc(CNc3ccc(S(=O)(=O)N(CC)CC)cc3)n2)cc1. The molecule has 154 valence electrons. The molecule has 0 bridgehead atoms. The smallest absolute Gasteiger partial charge is 0.246 e. The average Bonchev–Trinajstić information content (AvgIpc) is 3.22. The van der Waals surface area contributed by atoms with E-state index in [9.17, 15) is 8.42 Å². The third kappa shape index (κ3) is 4.83. The van der Waals surface area contributed by atoms with Crippen molar-refractivity contribution in [3.05, 3.63) is 60.0 Å². The van der Waals surface area contributed by atoms with Crippen LogP contribution in [0.1, 0.15) is 32.2 Å². The van der Waals surface area contributed by atoms with Crippen LogP contribution in [0.15, 0.2) is 57.9 Å². The quantitative estimate of drug-likeness (QED) is 0.570. The monoisotopic (exact) mass is 414 g/mol. The maximum Gasteiger partial charge on any atom is 0.246 e. The fraction of sp³-hybridized carbons (Fsp3) is 0.333. The molecule has 0 atom stereocenters. The zero-order valence-corrected chi connectivity index (χ0v) is 17.7. The second-order valence-electron chi connectivity index (χ2n) is 6.53. The molecule has 0 aliphatic carbocycles. The lowest BCUT2D eigenvalue weighted by Gasteiger charge is -2.18. The molecule has 7 nitrogen and oxygen atoms in total. The summed E-state index contributed by atoms with van der Waals surface area (Å²) >= 11 is 0. The van der Waals surface area contributed by atoms with Gasteiger partial charge in [-0.2, -0.15) is 9.29 Å². The number of aryl methyl sites for hydroxylation is 1. The van der Waals surface area contributed by atoms with Crippen LogP contribution in [-0.2, 0) is 23.0 Å². The number of nitrogens with zero attached hydrogens (tertiary/aromatic N) is 3. The number of aromatic nitrogens is 2. The summed E-state index contributed by atoms with van der Waals surface area (Å²) in [5, 5.41) is 7.20. The molecule has 0 fully saturated rings. The third-order valence-corrected chi connectivity index (χ3v) is 6.79. The molecule has 29 heavy (non-hydrogen) atoms. The van der Waals surface area contributed by atoms with Crippen LogP contribution in [-0.4, -0.2) is 36.0 Å². The van der Waals surface area contributed by atoms with Crippen molar-refractivity contribution >= 4 is 15.7 Å². The van der Waals surface area contributed by atoms with Gasteiger partial charge in [0.1, 0.15) is 0 Å². The van der Waals surface area contributed by atoms with Crippen molar-refractivity contribution < 1.29 is 12.9 Å². The lowest BCUT2D eigenvalue weighted by molar-refractivity contribution is 0.384. The summed E-state index contributed by atoms with van der Waals surface area (Å²) in [4.78, 5) is 4.69. The number of rotatable bonds is 9. The summed E-state index contributed by atoms with van der Waals surface area (Å²) in [5.74, 6) is 1.00. The first kappa shape index (κ1) is 21.0. The molecule has 3 aromatic rings. The van der Waals surface area contributed by atoms with Gasteiger partial charge in [-0.1, -0.05) is 50.2 Å². The van der Waals surface area contributed by atoms with Gasteiger partial charge in [-0.3, -0.25) is 0 Å². The standard InChI is InChI=1S/C21H26N4O3S/c1-4-16-7-9-17(10-8-16)21-23-20(28-24-21)15-22-18-11-13-19(14-12-18)29(26,27)25(5-2)6-3/h7-14,22H,4-6,15H2,1-3H3. The number of sulfonamides is 1. The highest BCUT2D eigenvalue weighted by molar-refractivity contribution is 7.89. The molecule has 1 N–H and O–H groups in total. The zero-order valence-electron chi connectivity index (χ0n) is 16.9. The van der Waals surface area contributed by atoms with Gasteiger partial charge in [-0.05, 0) is 36.2 Å². The number of nitrogens with one attached hydrogen (secondary N) is 1. The van der Waals surface area contributed by atoms with Crippen LogP contribution < -0.4 is 5.32 Å². The fourth-order valence-electron chi connectivity index (χ4n) is 2.97.